The fourth-order valence-electron chi connectivity index (χ4n) is 1.89. The van der Waals surface area contributed by atoms with Gasteiger partial charge in [0.15, 0.2) is 0 Å². The van der Waals surface area contributed by atoms with Gasteiger partial charge in [-0.25, -0.2) is 8.42 Å². The van der Waals surface area contributed by atoms with Crippen LogP contribution in [0.1, 0.15) is 30.7 Å². The number of alkyl halides is 4. The van der Waals surface area contributed by atoms with E-state index >= 15 is 0 Å². The molecule has 0 bridgehead atoms. The van der Waals surface area contributed by atoms with Crippen LogP contribution in [-0.4, -0.2) is 30.9 Å². The summed E-state index contributed by atoms with van der Waals surface area (Å²) in [5, 5.41) is 9.15. The maximum absolute atomic E-state index is 12.4. The van der Waals surface area contributed by atoms with Gasteiger partial charge < -0.3 is 5.11 Å². The molecule has 0 saturated carbocycles. The first-order valence-corrected chi connectivity index (χ1v) is 8.33. The smallest absolute Gasteiger partial charge is 0.481 e. The van der Waals surface area contributed by atoms with Gasteiger partial charge in [-0.1, -0.05) is 18.6 Å². The van der Waals surface area contributed by atoms with E-state index in [1.54, 1.807) is 0 Å². The van der Waals surface area contributed by atoms with E-state index in [9.17, 15) is 26.4 Å². The number of unbranched alkanes of at least 4 members (excludes halogenated alkanes) is 1. The third-order valence-electron chi connectivity index (χ3n) is 3.07. The van der Waals surface area contributed by atoms with Crippen molar-refractivity contribution in [1.82, 2.24) is 0 Å². The molecule has 0 heterocycles. The molecule has 1 unspecified atom stereocenters. The number of hydrogen-bond acceptors (Lipinski definition) is 3. The van der Waals surface area contributed by atoms with E-state index in [0.29, 0.717) is 18.7 Å². The minimum Gasteiger partial charge on any atom is -0.481 e. The third-order valence-corrected chi connectivity index (χ3v) is 4.84. The first kappa shape index (κ1) is 18.8. The SMILES string of the molecule is O=C(O)C(CCCCCl)c1ccc(S(=O)(=O)C(F)(F)F)cc1. The minimum atomic E-state index is -5.42. The fraction of sp³-hybridized carbons (Fsp3) is 0.462. The molecule has 4 nitrogen and oxygen atoms in total. The molecule has 0 fully saturated rings. The van der Waals surface area contributed by atoms with Gasteiger partial charge in [0.25, 0.3) is 9.84 Å². The molecule has 1 rings (SSSR count). The standard InChI is InChI=1S/C13H14ClF3O4S/c14-8-2-1-3-11(12(18)19)9-4-6-10(7-5-9)22(20,21)13(15,16)17/h4-7,11H,1-3,8H2,(H,18,19). The molecule has 0 aliphatic heterocycles. The molecule has 0 aromatic heterocycles. The molecule has 1 N–H and O–H groups in total. The first-order valence-electron chi connectivity index (χ1n) is 6.31. The quantitative estimate of drug-likeness (QED) is 0.597. The predicted octanol–water partition coefficient (Wildman–Crippen LogP) is 3.56. The van der Waals surface area contributed by atoms with Crippen molar-refractivity contribution < 1.29 is 31.5 Å². The maximum atomic E-state index is 12.4. The largest absolute Gasteiger partial charge is 0.501 e. The van der Waals surface area contributed by atoms with Gasteiger partial charge in [-0.15, -0.1) is 11.6 Å². The van der Waals surface area contributed by atoms with E-state index in [1.807, 2.05) is 0 Å². The fourth-order valence-corrected chi connectivity index (χ4v) is 2.84. The summed E-state index contributed by atoms with van der Waals surface area (Å²) in [6.07, 6.45) is 1.43. The highest BCUT2D eigenvalue weighted by molar-refractivity contribution is 7.92. The average molecular weight is 359 g/mol. The Kier molecular flexibility index (Phi) is 6.25. The molecule has 9 heteroatoms. The molecule has 1 aromatic rings. The topological polar surface area (TPSA) is 71.4 Å². The van der Waals surface area contributed by atoms with Crippen molar-refractivity contribution in [2.75, 3.05) is 5.88 Å². The molecule has 1 aromatic carbocycles. The van der Waals surface area contributed by atoms with Gasteiger partial charge in [0.05, 0.1) is 10.8 Å². The Bertz CT molecular complexity index is 611. The van der Waals surface area contributed by atoms with Gasteiger partial charge >= 0.3 is 11.5 Å². The highest BCUT2D eigenvalue weighted by atomic mass is 35.5. The average Bonchev–Trinajstić information content (AvgIpc) is 2.42. The molecule has 0 spiro atoms. The second kappa shape index (κ2) is 7.32. The summed E-state index contributed by atoms with van der Waals surface area (Å²) < 4.78 is 59.7. The summed E-state index contributed by atoms with van der Waals surface area (Å²) in [6.45, 7) is 0. The van der Waals surface area contributed by atoms with Crippen molar-refractivity contribution >= 4 is 27.4 Å². The number of hydrogen-bond donors (Lipinski definition) is 1. The Morgan fingerprint density at radius 1 is 1.18 bits per heavy atom. The highest BCUT2D eigenvalue weighted by Crippen LogP contribution is 2.31. The van der Waals surface area contributed by atoms with Crippen LogP contribution in [0.25, 0.3) is 0 Å². The zero-order chi connectivity index (χ0) is 17.0. The van der Waals surface area contributed by atoms with Crippen LogP contribution in [0.2, 0.25) is 0 Å². The Labute approximate surface area is 130 Å². The molecule has 0 radical (unpaired) electrons. The molecule has 0 amide bonds. The summed E-state index contributed by atoms with van der Waals surface area (Å²) >= 11 is 5.50. The zero-order valence-corrected chi connectivity index (χ0v) is 12.9. The van der Waals surface area contributed by atoms with Gasteiger partial charge in [0.2, 0.25) is 0 Å². The Morgan fingerprint density at radius 2 is 1.73 bits per heavy atom. The van der Waals surface area contributed by atoms with Crippen molar-refractivity contribution in [3.8, 4) is 0 Å². The number of carbonyl (C=O) groups is 1. The van der Waals surface area contributed by atoms with Crippen LogP contribution < -0.4 is 0 Å². The molecule has 0 saturated heterocycles. The molecular formula is C13H14ClF3O4S. The van der Waals surface area contributed by atoms with Gasteiger partial charge in [-0.05, 0) is 30.5 Å². The maximum Gasteiger partial charge on any atom is 0.501 e. The van der Waals surface area contributed by atoms with Gasteiger partial charge in [0.1, 0.15) is 0 Å². The van der Waals surface area contributed by atoms with Crippen molar-refractivity contribution in [3.63, 3.8) is 0 Å². The highest BCUT2D eigenvalue weighted by Gasteiger charge is 2.46. The van der Waals surface area contributed by atoms with E-state index in [1.165, 1.54) is 0 Å². The Hall–Kier alpha value is -1.28. The number of halogens is 4. The van der Waals surface area contributed by atoms with Gasteiger partial charge in [0, 0.05) is 5.88 Å². The molecule has 1 atom stereocenters. The lowest BCUT2D eigenvalue weighted by atomic mass is 9.94. The van der Waals surface area contributed by atoms with Crippen LogP contribution in [0.15, 0.2) is 29.2 Å². The number of sulfone groups is 1. The summed E-state index contributed by atoms with van der Waals surface area (Å²) in [6, 6.07) is 3.74. The number of aliphatic carboxylic acids is 1. The van der Waals surface area contributed by atoms with E-state index < -0.39 is 32.1 Å². The van der Waals surface area contributed by atoms with Crippen LogP contribution in [0.4, 0.5) is 13.2 Å². The summed E-state index contributed by atoms with van der Waals surface area (Å²) in [7, 11) is -5.42. The van der Waals surface area contributed by atoms with E-state index in [0.717, 1.165) is 24.3 Å². The molecular weight excluding hydrogens is 345 g/mol. The summed E-state index contributed by atoms with van der Waals surface area (Å²) in [5.74, 6) is -1.65. The molecule has 124 valence electrons. The minimum absolute atomic E-state index is 0.253. The summed E-state index contributed by atoms with van der Waals surface area (Å²) in [4.78, 5) is 10.3. The first-order chi connectivity index (χ1) is 10.1. The molecule has 0 aliphatic rings. The van der Waals surface area contributed by atoms with E-state index in [-0.39, 0.29) is 12.0 Å². The number of rotatable bonds is 7. The van der Waals surface area contributed by atoms with Crippen LogP contribution in [0, 0.1) is 0 Å². The van der Waals surface area contributed by atoms with Crippen molar-refractivity contribution in [1.29, 1.82) is 0 Å². The number of carboxylic acids is 1. The van der Waals surface area contributed by atoms with Crippen LogP contribution in [-0.2, 0) is 14.6 Å². The number of carboxylic acid groups (broad SMARTS) is 1. The Morgan fingerprint density at radius 3 is 2.14 bits per heavy atom. The second-order valence-electron chi connectivity index (χ2n) is 4.59. The van der Waals surface area contributed by atoms with E-state index in [4.69, 9.17) is 16.7 Å². The van der Waals surface area contributed by atoms with Crippen molar-refractivity contribution in [3.05, 3.63) is 29.8 Å². The van der Waals surface area contributed by atoms with Crippen LogP contribution in [0.5, 0.6) is 0 Å². The molecule has 22 heavy (non-hydrogen) atoms. The predicted molar refractivity (Wildman–Crippen MR) is 74.6 cm³/mol. The Balaban J connectivity index is 3.02. The lowest BCUT2D eigenvalue weighted by molar-refractivity contribution is -0.139. The van der Waals surface area contributed by atoms with Gasteiger partial charge in [-0.3, -0.25) is 4.79 Å². The lowest BCUT2D eigenvalue weighted by Crippen LogP contribution is -2.23. The monoisotopic (exact) mass is 358 g/mol. The summed E-state index contributed by atoms with van der Waals surface area (Å²) in [5.41, 5.74) is -5.13. The third kappa shape index (κ3) is 4.36. The van der Waals surface area contributed by atoms with E-state index in [2.05, 4.69) is 0 Å². The van der Waals surface area contributed by atoms with Crippen molar-refractivity contribution in [2.45, 2.75) is 35.6 Å². The van der Waals surface area contributed by atoms with Crippen LogP contribution >= 0.6 is 11.6 Å². The van der Waals surface area contributed by atoms with Crippen molar-refractivity contribution in [2.24, 2.45) is 0 Å². The lowest BCUT2D eigenvalue weighted by Gasteiger charge is -2.13. The normalized spacial score (nSPS) is 13.8. The van der Waals surface area contributed by atoms with Gasteiger partial charge in [-0.2, -0.15) is 13.2 Å². The van der Waals surface area contributed by atoms with Crippen LogP contribution in [0.3, 0.4) is 0 Å². The zero-order valence-electron chi connectivity index (χ0n) is 11.3. The second-order valence-corrected chi connectivity index (χ2v) is 6.91. The molecule has 0 aliphatic carbocycles. The number of benzene rings is 1.